The van der Waals surface area contributed by atoms with E-state index >= 15 is 0 Å². The van der Waals surface area contributed by atoms with E-state index in [2.05, 4.69) is 15.1 Å². The molecule has 142 valence electrons. The highest BCUT2D eigenvalue weighted by molar-refractivity contribution is 7.89. The summed E-state index contributed by atoms with van der Waals surface area (Å²) in [5.41, 5.74) is 2.77. The van der Waals surface area contributed by atoms with E-state index in [1.54, 1.807) is 44.5 Å². The molecule has 1 aromatic heterocycles. The minimum absolute atomic E-state index is 0.155. The van der Waals surface area contributed by atoms with Gasteiger partial charge < -0.3 is 5.32 Å². The summed E-state index contributed by atoms with van der Waals surface area (Å²) < 4.78 is 29.1. The molecule has 2 N–H and O–H groups in total. The fourth-order valence-corrected chi connectivity index (χ4v) is 4.26. The standard InChI is InChI=1S/C18H26N4O3S/c1-11(2)21-26(24,25)17-10-16(8-7-12(17)3)19-18(23)15(6)22-14(5)9-13(4)20-22/h7-11,15,21H,1-6H3,(H,19,23)/t15-/m0/s1. The molecule has 1 heterocycles. The molecule has 1 atom stereocenters. The van der Waals surface area contributed by atoms with Gasteiger partial charge in [0.2, 0.25) is 15.9 Å². The van der Waals surface area contributed by atoms with Crippen LogP contribution in [0.1, 0.15) is 43.8 Å². The van der Waals surface area contributed by atoms with Crippen LogP contribution in [0.15, 0.2) is 29.2 Å². The number of hydrogen-bond acceptors (Lipinski definition) is 4. The number of sulfonamides is 1. The number of nitrogens with one attached hydrogen (secondary N) is 2. The van der Waals surface area contributed by atoms with Crippen molar-refractivity contribution in [3.8, 4) is 0 Å². The summed E-state index contributed by atoms with van der Waals surface area (Å²) in [5.74, 6) is -0.264. The Labute approximate surface area is 154 Å². The number of aryl methyl sites for hydroxylation is 3. The number of hydrogen-bond donors (Lipinski definition) is 2. The summed E-state index contributed by atoms with van der Waals surface area (Å²) >= 11 is 0. The molecule has 0 fully saturated rings. The van der Waals surface area contributed by atoms with Crippen molar-refractivity contribution in [2.75, 3.05) is 5.32 Å². The molecule has 2 aromatic rings. The molecule has 0 aliphatic rings. The highest BCUT2D eigenvalue weighted by atomic mass is 32.2. The van der Waals surface area contributed by atoms with E-state index in [1.807, 2.05) is 19.9 Å². The molecule has 26 heavy (non-hydrogen) atoms. The minimum atomic E-state index is -3.64. The minimum Gasteiger partial charge on any atom is -0.324 e. The van der Waals surface area contributed by atoms with Gasteiger partial charge >= 0.3 is 0 Å². The Balaban J connectivity index is 2.26. The van der Waals surface area contributed by atoms with Crippen LogP contribution in [-0.4, -0.2) is 30.1 Å². The van der Waals surface area contributed by atoms with E-state index < -0.39 is 16.1 Å². The van der Waals surface area contributed by atoms with E-state index in [1.165, 1.54) is 6.07 Å². The lowest BCUT2D eigenvalue weighted by Crippen LogP contribution is -2.31. The molecule has 8 heteroatoms. The third-order valence-corrected chi connectivity index (χ3v) is 5.73. The van der Waals surface area contributed by atoms with E-state index in [9.17, 15) is 13.2 Å². The number of carbonyl (C=O) groups excluding carboxylic acids is 1. The highest BCUT2D eigenvalue weighted by Crippen LogP contribution is 2.22. The second kappa shape index (κ2) is 7.59. The SMILES string of the molecule is Cc1cc(C)n([C@@H](C)C(=O)Nc2ccc(C)c(S(=O)(=O)NC(C)C)c2)n1. The molecule has 0 saturated carbocycles. The first kappa shape index (κ1) is 20.1. The van der Waals surface area contributed by atoms with Crippen LogP contribution < -0.4 is 10.0 Å². The monoisotopic (exact) mass is 378 g/mol. The molecule has 0 spiro atoms. The number of amides is 1. The van der Waals surface area contributed by atoms with Crippen LogP contribution in [0.3, 0.4) is 0 Å². The van der Waals surface area contributed by atoms with Crippen molar-refractivity contribution >= 4 is 21.6 Å². The molecular weight excluding hydrogens is 352 g/mol. The molecule has 0 bridgehead atoms. The zero-order valence-corrected chi connectivity index (χ0v) is 16.8. The Kier molecular flexibility index (Phi) is 5.87. The molecule has 2 rings (SSSR count). The van der Waals surface area contributed by atoms with Crippen molar-refractivity contribution in [1.29, 1.82) is 0 Å². The molecule has 0 aliphatic carbocycles. The number of carbonyl (C=O) groups is 1. The summed E-state index contributed by atoms with van der Waals surface area (Å²) in [6.07, 6.45) is 0. The van der Waals surface area contributed by atoms with Crippen LogP contribution in [0.4, 0.5) is 5.69 Å². The second-order valence-corrected chi connectivity index (χ2v) is 8.48. The Bertz CT molecular complexity index is 917. The van der Waals surface area contributed by atoms with Crippen LogP contribution in [-0.2, 0) is 14.8 Å². The summed E-state index contributed by atoms with van der Waals surface area (Å²) in [5, 5.41) is 7.10. The van der Waals surface area contributed by atoms with Gasteiger partial charge in [-0.3, -0.25) is 9.48 Å². The quantitative estimate of drug-likeness (QED) is 0.808. The summed E-state index contributed by atoms with van der Waals surface area (Å²) in [6, 6.07) is 6.01. The molecule has 0 radical (unpaired) electrons. The van der Waals surface area contributed by atoms with Crippen LogP contribution in [0, 0.1) is 20.8 Å². The molecule has 0 unspecified atom stereocenters. The Hall–Kier alpha value is -2.19. The largest absolute Gasteiger partial charge is 0.324 e. The van der Waals surface area contributed by atoms with Crippen LogP contribution in [0.25, 0.3) is 0 Å². The molecule has 0 saturated heterocycles. The van der Waals surface area contributed by atoms with Crippen LogP contribution in [0.2, 0.25) is 0 Å². The van der Waals surface area contributed by atoms with Crippen LogP contribution >= 0.6 is 0 Å². The number of aromatic nitrogens is 2. The number of nitrogens with zero attached hydrogens (tertiary/aromatic N) is 2. The first-order valence-electron chi connectivity index (χ1n) is 8.48. The van der Waals surface area contributed by atoms with E-state index in [-0.39, 0.29) is 16.8 Å². The fraction of sp³-hybridized carbons (Fsp3) is 0.444. The molecular formula is C18H26N4O3S. The Morgan fingerprint density at radius 3 is 2.31 bits per heavy atom. The van der Waals surface area contributed by atoms with E-state index in [4.69, 9.17) is 0 Å². The Morgan fingerprint density at radius 2 is 1.77 bits per heavy atom. The van der Waals surface area contributed by atoms with Gasteiger partial charge in [0.05, 0.1) is 10.6 Å². The first-order chi connectivity index (χ1) is 12.0. The fourth-order valence-electron chi connectivity index (χ4n) is 2.74. The lowest BCUT2D eigenvalue weighted by atomic mass is 10.2. The van der Waals surface area contributed by atoms with E-state index in [0.717, 1.165) is 11.4 Å². The summed E-state index contributed by atoms with van der Waals surface area (Å²) in [7, 11) is -3.64. The van der Waals surface area contributed by atoms with Crippen molar-refractivity contribution in [2.24, 2.45) is 0 Å². The van der Waals surface area contributed by atoms with E-state index in [0.29, 0.717) is 11.3 Å². The average Bonchev–Trinajstić information content (AvgIpc) is 2.85. The number of anilines is 1. The predicted octanol–water partition coefficient (Wildman–Crippen LogP) is 2.69. The van der Waals surface area contributed by atoms with Crippen LogP contribution in [0.5, 0.6) is 0 Å². The number of rotatable bonds is 6. The second-order valence-electron chi connectivity index (χ2n) is 6.79. The molecule has 7 nitrogen and oxygen atoms in total. The molecule has 1 amide bonds. The zero-order valence-electron chi connectivity index (χ0n) is 16.0. The van der Waals surface area contributed by atoms with Gasteiger partial charge in [0.25, 0.3) is 0 Å². The van der Waals surface area contributed by atoms with Crippen molar-refractivity contribution in [3.05, 3.63) is 41.2 Å². The zero-order chi connectivity index (χ0) is 19.6. The Morgan fingerprint density at radius 1 is 1.12 bits per heavy atom. The maximum Gasteiger partial charge on any atom is 0.248 e. The summed E-state index contributed by atoms with van der Waals surface area (Å²) in [4.78, 5) is 12.7. The van der Waals surface area contributed by atoms with Gasteiger partial charge in [0, 0.05) is 17.4 Å². The van der Waals surface area contributed by atoms with Crippen molar-refractivity contribution in [3.63, 3.8) is 0 Å². The highest BCUT2D eigenvalue weighted by Gasteiger charge is 2.21. The lowest BCUT2D eigenvalue weighted by molar-refractivity contribution is -0.119. The normalized spacial score (nSPS) is 13.0. The van der Waals surface area contributed by atoms with Gasteiger partial charge in [0.15, 0.2) is 0 Å². The smallest absolute Gasteiger partial charge is 0.248 e. The van der Waals surface area contributed by atoms with Gasteiger partial charge in [-0.25, -0.2) is 13.1 Å². The van der Waals surface area contributed by atoms with Gasteiger partial charge in [-0.15, -0.1) is 0 Å². The maximum absolute atomic E-state index is 12.6. The lowest BCUT2D eigenvalue weighted by Gasteiger charge is -2.16. The third-order valence-electron chi connectivity index (χ3n) is 3.93. The van der Waals surface area contributed by atoms with Gasteiger partial charge in [0.1, 0.15) is 6.04 Å². The maximum atomic E-state index is 12.6. The number of benzene rings is 1. The van der Waals surface area contributed by atoms with Gasteiger partial charge in [-0.2, -0.15) is 5.10 Å². The average molecular weight is 378 g/mol. The van der Waals surface area contributed by atoms with Crippen molar-refractivity contribution in [2.45, 2.75) is 58.5 Å². The van der Waals surface area contributed by atoms with Gasteiger partial charge in [-0.1, -0.05) is 6.07 Å². The molecule has 0 aliphatic heterocycles. The topological polar surface area (TPSA) is 93.1 Å². The van der Waals surface area contributed by atoms with Crippen molar-refractivity contribution in [1.82, 2.24) is 14.5 Å². The van der Waals surface area contributed by atoms with Gasteiger partial charge in [-0.05, 0) is 65.3 Å². The first-order valence-corrected chi connectivity index (χ1v) is 9.96. The molecule has 1 aromatic carbocycles. The predicted molar refractivity (Wildman–Crippen MR) is 102 cm³/mol. The van der Waals surface area contributed by atoms with Crippen molar-refractivity contribution < 1.29 is 13.2 Å². The summed E-state index contributed by atoms with van der Waals surface area (Å²) in [6.45, 7) is 10.7. The third kappa shape index (κ3) is 4.50.